The van der Waals surface area contributed by atoms with Crippen LogP contribution in [0.15, 0.2) is 63.4 Å². The molecule has 5 rings (SSSR count). The van der Waals surface area contributed by atoms with Crippen molar-refractivity contribution >= 4 is 29.7 Å². The number of benzene rings is 1. The van der Waals surface area contributed by atoms with E-state index >= 15 is 0 Å². The number of anilines is 1. The van der Waals surface area contributed by atoms with E-state index in [4.69, 9.17) is 11.1 Å². The average molecular weight is 641 g/mol. The van der Waals surface area contributed by atoms with Gasteiger partial charge in [-0.15, -0.1) is 0 Å². The number of hydrogen-bond acceptors (Lipinski definition) is 6. The first-order chi connectivity index (χ1) is 22.4. The summed E-state index contributed by atoms with van der Waals surface area (Å²) in [5.41, 5.74) is 8.24. The van der Waals surface area contributed by atoms with Gasteiger partial charge in [0.1, 0.15) is 17.7 Å². The highest BCUT2D eigenvalue weighted by Crippen LogP contribution is 2.34. The van der Waals surface area contributed by atoms with Crippen LogP contribution in [0.2, 0.25) is 0 Å². The maximum Gasteiger partial charge on any atom is 0.337 e. The van der Waals surface area contributed by atoms with Crippen molar-refractivity contribution in [1.29, 1.82) is 5.41 Å². The van der Waals surface area contributed by atoms with E-state index in [1.807, 2.05) is 36.9 Å². The molecule has 47 heavy (non-hydrogen) atoms. The number of amides is 2. The monoisotopic (exact) mass is 640 g/mol. The van der Waals surface area contributed by atoms with E-state index in [-0.39, 0.29) is 41.0 Å². The number of piperidine rings is 1. The molecule has 1 fully saturated rings. The number of hydrogen-bond donors (Lipinski definition) is 4. The van der Waals surface area contributed by atoms with Crippen molar-refractivity contribution in [2.24, 2.45) is 23.7 Å². The van der Waals surface area contributed by atoms with Gasteiger partial charge in [-0.3, -0.25) is 29.0 Å². The van der Waals surface area contributed by atoms with Crippen molar-refractivity contribution in [3.8, 4) is 16.9 Å². The number of aromatic nitrogens is 5. The minimum Gasteiger partial charge on any atom is -0.382 e. The lowest BCUT2D eigenvalue weighted by atomic mass is 9.92. The molecule has 2 amide bonds. The van der Waals surface area contributed by atoms with Crippen LogP contribution < -0.4 is 22.3 Å². The number of aryl methyl sites for hydroxylation is 1. The van der Waals surface area contributed by atoms with Crippen molar-refractivity contribution in [3.63, 3.8) is 0 Å². The fourth-order valence-electron chi connectivity index (χ4n) is 5.79. The summed E-state index contributed by atoms with van der Waals surface area (Å²) in [7, 11) is 1.67. The van der Waals surface area contributed by atoms with Crippen molar-refractivity contribution in [2.75, 3.05) is 18.4 Å². The minimum atomic E-state index is -0.774. The van der Waals surface area contributed by atoms with Gasteiger partial charge in [-0.05, 0) is 50.5 Å². The Balaban J connectivity index is 1.41. The Morgan fingerprint density at radius 3 is 2.36 bits per heavy atom. The van der Waals surface area contributed by atoms with Gasteiger partial charge in [-0.2, -0.15) is 5.10 Å². The summed E-state index contributed by atoms with van der Waals surface area (Å²) in [6.45, 7) is 8.73. The van der Waals surface area contributed by atoms with Gasteiger partial charge in [0.2, 0.25) is 5.91 Å². The highest BCUT2D eigenvalue weighted by molar-refractivity contribution is 6.06. The first-order valence-electron chi connectivity index (χ1n) is 15.5. The lowest BCUT2D eigenvalue weighted by Gasteiger charge is -2.32. The number of H-pyrrole nitrogens is 1. The molecule has 5 N–H and O–H groups in total. The van der Waals surface area contributed by atoms with E-state index in [9.17, 15) is 19.2 Å². The molecule has 14 heteroatoms. The highest BCUT2D eigenvalue weighted by Gasteiger charge is 2.27. The Morgan fingerprint density at radius 1 is 1.11 bits per heavy atom. The van der Waals surface area contributed by atoms with Crippen LogP contribution in [0.3, 0.4) is 0 Å². The zero-order valence-electron chi connectivity index (χ0n) is 27.2. The number of amidine groups is 1. The van der Waals surface area contributed by atoms with E-state index in [1.165, 1.54) is 21.5 Å². The van der Waals surface area contributed by atoms with Gasteiger partial charge >= 0.3 is 5.69 Å². The molecule has 1 saturated heterocycles. The maximum atomic E-state index is 13.4. The molecular weight excluding hydrogens is 600 g/mol. The number of likely N-dealkylation sites (tertiary alicyclic amines) is 1. The second-order valence-electron chi connectivity index (χ2n) is 12.3. The van der Waals surface area contributed by atoms with Crippen LogP contribution in [0, 0.1) is 11.3 Å². The Kier molecular flexibility index (Phi) is 9.40. The molecule has 0 radical (unpaired) electrons. The van der Waals surface area contributed by atoms with Crippen LogP contribution in [-0.4, -0.2) is 65.9 Å². The molecular formula is C33H40N10O4. The van der Waals surface area contributed by atoms with Gasteiger partial charge in [0.15, 0.2) is 5.82 Å². The predicted octanol–water partition coefficient (Wildman–Crippen LogP) is 3.24. The molecule has 0 bridgehead atoms. The molecule has 0 unspecified atom stereocenters. The second-order valence-corrected chi connectivity index (χ2v) is 12.3. The summed E-state index contributed by atoms with van der Waals surface area (Å²) >= 11 is 0. The molecule has 0 atom stereocenters. The Morgan fingerprint density at radius 2 is 1.79 bits per heavy atom. The summed E-state index contributed by atoms with van der Waals surface area (Å²) < 4.78 is 3.69. The van der Waals surface area contributed by atoms with Crippen LogP contribution in [0.1, 0.15) is 74.2 Å². The van der Waals surface area contributed by atoms with E-state index < -0.39 is 17.2 Å². The summed E-state index contributed by atoms with van der Waals surface area (Å²) in [6.07, 6.45) is 5.38. The van der Waals surface area contributed by atoms with Crippen LogP contribution in [0.5, 0.6) is 0 Å². The third kappa shape index (κ3) is 6.71. The first-order valence-corrected chi connectivity index (χ1v) is 15.5. The van der Waals surface area contributed by atoms with Crippen LogP contribution >= 0.6 is 0 Å². The number of aromatic amines is 1. The molecule has 0 aliphatic carbocycles. The van der Waals surface area contributed by atoms with Crippen molar-refractivity contribution in [1.82, 2.24) is 28.8 Å². The van der Waals surface area contributed by atoms with Crippen molar-refractivity contribution < 1.29 is 9.59 Å². The van der Waals surface area contributed by atoms with Crippen LogP contribution in [-0.2, 0) is 11.8 Å². The number of rotatable bonds is 9. The largest absolute Gasteiger partial charge is 0.382 e. The summed E-state index contributed by atoms with van der Waals surface area (Å²) in [5.74, 6) is -0.0783. The molecule has 4 heterocycles. The number of nitrogens with one attached hydrogen (secondary N) is 3. The highest BCUT2D eigenvalue weighted by atomic mass is 16.2. The Bertz CT molecular complexity index is 1950. The van der Waals surface area contributed by atoms with E-state index in [0.717, 1.165) is 40.6 Å². The third-order valence-corrected chi connectivity index (χ3v) is 8.34. The van der Waals surface area contributed by atoms with Crippen LogP contribution in [0.25, 0.3) is 16.9 Å². The fourth-order valence-corrected chi connectivity index (χ4v) is 5.79. The number of carbonyl (C=O) groups is 2. The average Bonchev–Trinajstić information content (AvgIpc) is 3.68. The third-order valence-electron chi connectivity index (χ3n) is 8.34. The van der Waals surface area contributed by atoms with E-state index in [0.29, 0.717) is 24.5 Å². The predicted molar refractivity (Wildman–Crippen MR) is 181 cm³/mol. The molecule has 246 valence electrons. The maximum absolute atomic E-state index is 13.4. The van der Waals surface area contributed by atoms with Gasteiger partial charge in [0.25, 0.3) is 11.5 Å². The molecule has 1 aliphatic rings. The molecule has 3 aromatic heterocycles. The second kappa shape index (κ2) is 13.4. The smallest absolute Gasteiger partial charge is 0.337 e. The number of nitrogens with zero attached hydrogens (tertiary/aromatic N) is 6. The van der Waals surface area contributed by atoms with Crippen LogP contribution in [0.4, 0.5) is 5.69 Å². The normalized spacial score (nSPS) is 14.2. The van der Waals surface area contributed by atoms with Gasteiger partial charge in [0, 0.05) is 73.4 Å². The lowest BCUT2D eigenvalue weighted by molar-refractivity contribution is -0.135. The van der Waals surface area contributed by atoms with E-state index in [1.54, 1.807) is 39.2 Å². The number of nitrogens with two attached hydrogens (primary N) is 1. The quantitative estimate of drug-likeness (QED) is 0.160. The summed E-state index contributed by atoms with van der Waals surface area (Å²) in [5, 5.41) is 14.4. The molecule has 0 spiro atoms. The van der Waals surface area contributed by atoms with E-state index in [2.05, 4.69) is 20.4 Å². The topological polar surface area (TPSA) is 189 Å². The zero-order valence-corrected chi connectivity index (χ0v) is 27.2. The summed E-state index contributed by atoms with van der Waals surface area (Å²) in [6, 6.07) is 10.3. The fraction of sp³-hybridized carbons (Fsp3) is 0.364. The SMILES string of the molecule is CC(C)C(=O)N1CCC(c2cc(-c3ccc(NC(=O)c4cn(C(C)C)c(=O)n(-c5ccn(C)n5)c4=O)cc3)c(/C(N)=N\C=N)[nH]2)CC1. The van der Waals surface area contributed by atoms with Gasteiger partial charge in [0.05, 0.1) is 5.69 Å². The molecule has 1 aliphatic heterocycles. The zero-order chi connectivity index (χ0) is 34.0. The summed E-state index contributed by atoms with van der Waals surface area (Å²) in [4.78, 5) is 61.7. The number of carbonyl (C=O) groups excluding carboxylic acids is 2. The van der Waals surface area contributed by atoms with Crippen molar-refractivity contribution in [3.05, 3.63) is 86.6 Å². The van der Waals surface area contributed by atoms with Gasteiger partial charge in [-0.25, -0.2) is 14.4 Å². The number of aliphatic imine (C=N–C) groups is 1. The lowest BCUT2D eigenvalue weighted by Crippen LogP contribution is -2.43. The molecule has 0 saturated carbocycles. The molecule has 4 aromatic rings. The van der Waals surface area contributed by atoms with Gasteiger partial charge in [-0.1, -0.05) is 26.0 Å². The minimum absolute atomic E-state index is 0.0415. The molecule has 14 nitrogen and oxygen atoms in total. The van der Waals surface area contributed by atoms with Gasteiger partial charge < -0.3 is 20.9 Å². The molecule has 1 aromatic carbocycles. The van der Waals surface area contributed by atoms with Crippen molar-refractivity contribution in [2.45, 2.75) is 52.5 Å². The Hall–Kier alpha value is -5.53. The first kappa shape index (κ1) is 32.9. The standard InChI is InChI=1S/C33H40N10O4/c1-19(2)31(45)41-14-10-22(11-15-41)26-16-24(28(38-26)29(35)36-18-34)21-6-8-23(9-7-21)37-30(44)25-17-42(20(3)4)33(47)43(32(25)46)27-12-13-40(5)39-27/h6-9,12-13,16-20,22,38H,10-11,14-15H2,1-5H3,(H,37,44)(H3,34,35,36). The Labute approximate surface area is 271 Å².